The molecule has 1 aromatic carbocycles. The number of benzene rings is 1. The highest BCUT2D eigenvalue weighted by Gasteiger charge is 2.40. The maximum absolute atomic E-state index is 13.1. The minimum absolute atomic E-state index is 0.127. The summed E-state index contributed by atoms with van der Waals surface area (Å²) in [7, 11) is -2.33. The van der Waals surface area contributed by atoms with E-state index >= 15 is 0 Å². The fraction of sp³-hybridized carbons (Fsp3) is 0.474. The van der Waals surface area contributed by atoms with Gasteiger partial charge in [0.25, 0.3) is 0 Å². The van der Waals surface area contributed by atoms with Gasteiger partial charge in [-0.15, -0.1) is 0 Å². The number of rotatable bonds is 5. The topological polar surface area (TPSA) is 96.3 Å². The summed E-state index contributed by atoms with van der Waals surface area (Å²) in [6, 6.07) is 5.83. The van der Waals surface area contributed by atoms with Crippen molar-refractivity contribution in [1.82, 2.24) is 4.31 Å². The van der Waals surface area contributed by atoms with Gasteiger partial charge in [-0.2, -0.15) is 4.31 Å². The number of hydrogen-bond acceptors (Lipinski definition) is 6. The summed E-state index contributed by atoms with van der Waals surface area (Å²) in [6.45, 7) is 2.03. The number of aryl methyl sites for hydroxylation is 1. The smallest absolute Gasteiger partial charge is 0.243 e. The van der Waals surface area contributed by atoms with E-state index in [2.05, 4.69) is 0 Å². The predicted octanol–water partition coefficient (Wildman–Crippen LogP) is 0.964. The van der Waals surface area contributed by atoms with Crippen molar-refractivity contribution in [2.45, 2.75) is 48.9 Å². The van der Waals surface area contributed by atoms with Crippen molar-refractivity contribution in [3.05, 3.63) is 54.1 Å². The van der Waals surface area contributed by atoms with Gasteiger partial charge in [-0.05, 0) is 31.6 Å². The van der Waals surface area contributed by atoms with Crippen molar-refractivity contribution in [2.75, 3.05) is 13.7 Å². The van der Waals surface area contributed by atoms with Gasteiger partial charge < -0.3 is 19.7 Å². The summed E-state index contributed by atoms with van der Waals surface area (Å²) < 4.78 is 38.3. The zero-order valence-electron chi connectivity index (χ0n) is 15.3. The monoisotopic (exact) mass is 395 g/mol. The minimum Gasteiger partial charge on any atom is -0.387 e. The summed E-state index contributed by atoms with van der Waals surface area (Å²) in [6.07, 6.45) is 3.28. The first-order valence-electron chi connectivity index (χ1n) is 8.81. The summed E-state index contributed by atoms with van der Waals surface area (Å²) in [5.74, 6) is 0. The minimum atomic E-state index is -3.81. The quantitative estimate of drug-likeness (QED) is 0.721. The number of sulfonamides is 1. The third-order valence-electron chi connectivity index (χ3n) is 4.87. The molecular weight excluding hydrogens is 370 g/mol. The lowest BCUT2D eigenvalue weighted by Crippen LogP contribution is -2.52. The molecule has 0 unspecified atom stereocenters. The average Bonchev–Trinajstić information content (AvgIpc) is 2.65. The Morgan fingerprint density at radius 2 is 1.85 bits per heavy atom. The summed E-state index contributed by atoms with van der Waals surface area (Å²) in [5.41, 5.74) is 0.959. The number of ether oxygens (including phenoxy) is 2. The van der Waals surface area contributed by atoms with E-state index in [0.29, 0.717) is 0 Å². The molecule has 0 fully saturated rings. The number of nitrogens with zero attached hydrogens (tertiary/aromatic N) is 1. The van der Waals surface area contributed by atoms with Crippen LogP contribution in [-0.2, 0) is 19.5 Å². The van der Waals surface area contributed by atoms with Gasteiger partial charge in [0.2, 0.25) is 10.0 Å². The molecule has 1 aromatic rings. The second-order valence-electron chi connectivity index (χ2n) is 6.76. The van der Waals surface area contributed by atoms with Crippen molar-refractivity contribution in [1.29, 1.82) is 0 Å². The van der Waals surface area contributed by atoms with Gasteiger partial charge in [-0.1, -0.05) is 35.9 Å². The summed E-state index contributed by atoms with van der Waals surface area (Å²) in [5, 5.41) is 20.7. The SMILES string of the molecule is CO[C@H]1C=C[C@@H](O)[C@H](C[C@@H]2[C@H](O)C=CCN2S(=O)(=O)c2ccc(C)cc2)O1. The van der Waals surface area contributed by atoms with Crippen molar-refractivity contribution in [2.24, 2.45) is 0 Å². The third kappa shape index (κ3) is 4.31. The molecule has 0 saturated heterocycles. The third-order valence-corrected chi connectivity index (χ3v) is 6.78. The van der Waals surface area contributed by atoms with Gasteiger partial charge in [-0.3, -0.25) is 0 Å². The molecule has 27 heavy (non-hydrogen) atoms. The summed E-state index contributed by atoms with van der Waals surface area (Å²) >= 11 is 0. The van der Waals surface area contributed by atoms with Crippen LogP contribution in [0.4, 0.5) is 0 Å². The largest absolute Gasteiger partial charge is 0.387 e. The van der Waals surface area contributed by atoms with Crippen molar-refractivity contribution >= 4 is 10.0 Å². The van der Waals surface area contributed by atoms with Crippen molar-refractivity contribution in [3.63, 3.8) is 0 Å². The van der Waals surface area contributed by atoms with Crippen LogP contribution >= 0.6 is 0 Å². The molecule has 2 aliphatic heterocycles. The molecule has 148 valence electrons. The van der Waals surface area contributed by atoms with Crippen LogP contribution in [-0.4, -0.2) is 67.2 Å². The molecule has 0 radical (unpaired) electrons. The lowest BCUT2D eigenvalue weighted by atomic mass is 9.96. The van der Waals surface area contributed by atoms with Gasteiger partial charge in [0, 0.05) is 13.7 Å². The number of aliphatic hydroxyl groups is 2. The first kappa shape index (κ1) is 20.2. The summed E-state index contributed by atoms with van der Waals surface area (Å²) in [4.78, 5) is 0.167. The Kier molecular flexibility index (Phi) is 6.15. The number of aliphatic hydroxyl groups excluding tert-OH is 2. The molecule has 3 rings (SSSR count). The highest BCUT2D eigenvalue weighted by atomic mass is 32.2. The van der Waals surface area contributed by atoms with Crippen molar-refractivity contribution < 1.29 is 28.1 Å². The van der Waals surface area contributed by atoms with Crippen molar-refractivity contribution in [3.8, 4) is 0 Å². The van der Waals surface area contributed by atoms with Crippen LogP contribution in [0, 0.1) is 6.92 Å². The number of hydrogen-bond donors (Lipinski definition) is 2. The highest BCUT2D eigenvalue weighted by molar-refractivity contribution is 7.89. The van der Waals surface area contributed by atoms with Crippen LogP contribution in [0.15, 0.2) is 53.5 Å². The normalized spacial score (nSPS) is 31.9. The van der Waals surface area contributed by atoms with E-state index in [1.165, 1.54) is 11.4 Å². The van der Waals surface area contributed by atoms with Gasteiger partial charge in [-0.25, -0.2) is 8.42 Å². The number of methoxy groups -OCH3 is 1. The second-order valence-corrected chi connectivity index (χ2v) is 8.65. The molecule has 0 amide bonds. The molecule has 0 bridgehead atoms. The maximum Gasteiger partial charge on any atom is 0.243 e. The van der Waals surface area contributed by atoms with E-state index < -0.39 is 40.7 Å². The van der Waals surface area contributed by atoms with Crippen LogP contribution in [0.5, 0.6) is 0 Å². The van der Waals surface area contributed by atoms with E-state index in [0.717, 1.165) is 5.56 Å². The van der Waals surface area contributed by atoms with Crippen LogP contribution in [0.2, 0.25) is 0 Å². The van der Waals surface area contributed by atoms with E-state index in [-0.39, 0.29) is 17.9 Å². The molecule has 2 aliphatic rings. The standard InChI is InChI=1S/C19H25NO6S/c1-13-5-7-14(8-6-13)27(23,24)20-11-3-4-16(21)15(20)12-18-17(22)9-10-19(25-2)26-18/h3-10,15-19,21-22H,11-12H2,1-2H3/t15-,16-,17-,18+,19-/m1/s1. The fourth-order valence-electron chi connectivity index (χ4n) is 3.31. The Labute approximate surface area is 159 Å². The Balaban J connectivity index is 1.86. The highest BCUT2D eigenvalue weighted by Crippen LogP contribution is 2.28. The molecule has 7 nitrogen and oxygen atoms in total. The van der Waals surface area contributed by atoms with E-state index in [1.807, 2.05) is 6.92 Å². The molecule has 8 heteroatoms. The van der Waals surface area contributed by atoms with Gasteiger partial charge in [0.05, 0.1) is 29.2 Å². The van der Waals surface area contributed by atoms with Crippen LogP contribution in [0.25, 0.3) is 0 Å². The van der Waals surface area contributed by atoms with Crippen LogP contribution < -0.4 is 0 Å². The van der Waals surface area contributed by atoms with Crippen LogP contribution in [0.1, 0.15) is 12.0 Å². The fourth-order valence-corrected chi connectivity index (χ4v) is 4.91. The molecule has 2 heterocycles. The molecule has 0 spiro atoms. The molecule has 0 aliphatic carbocycles. The first-order valence-corrected chi connectivity index (χ1v) is 10.2. The molecular formula is C19H25NO6S. The molecule has 0 saturated carbocycles. The van der Waals surface area contributed by atoms with E-state index in [4.69, 9.17) is 9.47 Å². The average molecular weight is 395 g/mol. The lowest BCUT2D eigenvalue weighted by Gasteiger charge is -2.39. The van der Waals surface area contributed by atoms with Gasteiger partial charge in [0.1, 0.15) is 0 Å². The Morgan fingerprint density at radius 3 is 2.52 bits per heavy atom. The van der Waals surface area contributed by atoms with Gasteiger partial charge in [0.15, 0.2) is 6.29 Å². The molecule has 0 aromatic heterocycles. The van der Waals surface area contributed by atoms with Gasteiger partial charge >= 0.3 is 0 Å². The Hall–Kier alpha value is -1.55. The predicted molar refractivity (Wildman–Crippen MR) is 99.4 cm³/mol. The van der Waals surface area contributed by atoms with E-state index in [1.54, 1.807) is 48.6 Å². The Bertz CT molecular complexity index is 804. The molecule has 5 atom stereocenters. The zero-order valence-corrected chi connectivity index (χ0v) is 16.1. The van der Waals surface area contributed by atoms with E-state index in [9.17, 15) is 18.6 Å². The second kappa shape index (κ2) is 8.22. The lowest BCUT2D eigenvalue weighted by molar-refractivity contribution is -0.164. The maximum atomic E-state index is 13.1. The Morgan fingerprint density at radius 1 is 1.15 bits per heavy atom. The van der Waals surface area contributed by atoms with Crippen LogP contribution in [0.3, 0.4) is 0 Å². The zero-order chi connectivity index (χ0) is 19.6. The first-order chi connectivity index (χ1) is 12.8. The molecule has 2 N–H and O–H groups in total.